The van der Waals surface area contributed by atoms with Gasteiger partial charge in [0.25, 0.3) is 5.91 Å². The van der Waals surface area contributed by atoms with Crippen molar-refractivity contribution in [2.75, 3.05) is 0 Å². The average Bonchev–Trinajstić information content (AvgIpc) is 3.02. The largest absolute Gasteiger partial charge is 0.508 e. The quantitative estimate of drug-likeness (QED) is 0.783. The van der Waals surface area contributed by atoms with Crippen LogP contribution < -0.4 is 0 Å². The third kappa shape index (κ3) is 1.91. The molecule has 1 saturated carbocycles. The minimum absolute atomic E-state index is 0.0678. The van der Waals surface area contributed by atoms with Crippen molar-refractivity contribution in [1.29, 1.82) is 0 Å². The highest BCUT2D eigenvalue weighted by Crippen LogP contribution is 2.28. The Kier molecular flexibility index (Phi) is 2.64. The topological polar surface area (TPSA) is 57.6 Å². The molecule has 2 amide bonds. The van der Waals surface area contributed by atoms with E-state index in [4.69, 9.17) is 0 Å². The number of hydrogen-bond donors (Lipinski definition) is 1. The number of phenols is 1. The number of aromatic hydroxyl groups is 1. The molecular weight excluding hydrogens is 206 g/mol. The van der Waals surface area contributed by atoms with Crippen LogP contribution in [0, 0.1) is 6.92 Å². The molecule has 1 N–H and O–H groups in total. The normalized spacial score (nSPS) is 14.6. The second-order valence-electron chi connectivity index (χ2n) is 4.05. The molecule has 1 aromatic rings. The van der Waals surface area contributed by atoms with Crippen LogP contribution in [0.3, 0.4) is 0 Å². The van der Waals surface area contributed by atoms with Gasteiger partial charge in [0, 0.05) is 11.6 Å². The first-order valence-electron chi connectivity index (χ1n) is 5.21. The lowest BCUT2D eigenvalue weighted by atomic mass is 10.1. The molecule has 4 heteroatoms. The van der Waals surface area contributed by atoms with Crippen LogP contribution in [-0.2, 0) is 4.79 Å². The lowest BCUT2D eigenvalue weighted by Gasteiger charge is -2.15. The highest BCUT2D eigenvalue weighted by molar-refractivity contribution is 6.01. The fourth-order valence-electron chi connectivity index (χ4n) is 1.68. The summed E-state index contributed by atoms with van der Waals surface area (Å²) in [6.07, 6.45) is 2.37. The molecular formula is C12H13NO3. The summed E-state index contributed by atoms with van der Waals surface area (Å²) in [6, 6.07) is 4.59. The minimum atomic E-state index is -0.282. The molecule has 1 aliphatic rings. The van der Waals surface area contributed by atoms with Crippen molar-refractivity contribution in [2.24, 2.45) is 0 Å². The van der Waals surface area contributed by atoms with E-state index in [9.17, 15) is 14.7 Å². The summed E-state index contributed by atoms with van der Waals surface area (Å²) in [5.41, 5.74) is 1.15. The third-order valence-corrected chi connectivity index (χ3v) is 2.73. The lowest BCUT2D eigenvalue weighted by molar-refractivity contribution is -0.116. The number of carbonyl (C=O) groups is 2. The monoisotopic (exact) mass is 219 g/mol. The Morgan fingerprint density at radius 2 is 2.19 bits per heavy atom. The number of benzene rings is 1. The van der Waals surface area contributed by atoms with Gasteiger partial charge in [0.15, 0.2) is 0 Å². The van der Waals surface area contributed by atoms with Crippen LogP contribution in [0.5, 0.6) is 5.75 Å². The maximum Gasteiger partial charge on any atom is 0.260 e. The average molecular weight is 219 g/mol. The molecule has 1 aliphatic carbocycles. The van der Waals surface area contributed by atoms with Gasteiger partial charge in [0.05, 0.1) is 0 Å². The second kappa shape index (κ2) is 3.96. The molecule has 0 saturated heterocycles. The van der Waals surface area contributed by atoms with Crippen molar-refractivity contribution in [3.63, 3.8) is 0 Å². The molecule has 1 aromatic carbocycles. The standard InChI is InChI=1S/C12H13NO3/c1-8-6-10(15)4-5-11(8)12(16)13(7-14)9-2-3-9/h4-7,9,15H,2-3H2,1H3. The molecule has 0 aromatic heterocycles. The van der Waals surface area contributed by atoms with Crippen molar-refractivity contribution in [1.82, 2.24) is 4.90 Å². The van der Waals surface area contributed by atoms with Gasteiger partial charge < -0.3 is 5.11 Å². The predicted octanol–water partition coefficient (Wildman–Crippen LogP) is 1.46. The molecule has 1 fully saturated rings. The third-order valence-electron chi connectivity index (χ3n) is 2.73. The van der Waals surface area contributed by atoms with Gasteiger partial charge in [-0.3, -0.25) is 14.5 Å². The van der Waals surface area contributed by atoms with Crippen molar-refractivity contribution in [3.8, 4) is 5.75 Å². The van der Waals surface area contributed by atoms with Gasteiger partial charge in [-0.05, 0) is 43.5 Å². The molecule has 0 atom stereocenters. The van der Waals surface area contributed by atoms with Crippen LogP contribution in [0.25, 0.3) is 0 Å². The van der Waals surface area contributed by atoms with Crippen molar-refractivity contribution in [2.45, 2.75) is 25.8 Å². The van der Waals surface area contributed by atoms with E-state index in [0.29, 0.717) is 17.5 Å². The van der Waals surface area contributed by atoms with Crippen LogP contribution in [0.2, 0.25) is 0 Å². The fraction of sp³-hybridized carbons (Fsp3) is 0.333. The molecule has 0 heterocycles. The van der Waals surface area contributed by atoms with Crippen LogP contribution in [0.15, 0.2) is 18.2 Å². The van der Waals surface area contributed by atoms with Crippen LogP contribution in [-0.4, -0.2) is 28.4 Å². The number of carbonyl (C=O) groups excluding carboxylic acids is 2. The zero-order valence-electron chi connectivity index (χ0n) is 9.01. The van der Waals surface area contributed by atoms with E-state index in [0.717, 1.165) is 12.8 Å². The number of imide groups is 1. The Labute approximate surface area is 93.5 Å². The van der Waals surface area contributed by atoms with Crippen LogP contribution >= 0.6 is 0 Å². The van der Waals surface area contributed by atoms with Crippen molar-refractivity contribution < 1.29 is 14.7 Å². The summed E-state index contributed by atoms with van der Waals surface area (Å²) in [6.45, 7) is 1.74. The number of hydrogen-bond acceptors (Lipinski definition) is 3. The van der Waals surface area contributed by atoms with Gasteiger partial charge in [-0.1, -0.05) is 0 Å². The Morgan fingerprint density at radius 3 is 2.69 bits per heavy atom. The van der Waals surface area contributed by atoms with Gasteiger partial charge in [-0.15, -0.1) is 0 Å². The number of nitrogens with zero attached hydrogens (tertiary/aromatic N) is 1. The molecule has 0 bridgehead atoms. The summed E-state index contributed by atoms with van der Waals surface area (Å²) in [5.74, 6) is -0.159. The van der Waals surface area contributed by atoms with Gasteiger partial charge in [-0.25, -0.2) is 0 Å². The lowest BCUT2D eigenvalue weighted by Crippen LogP contribution is -2.32. The zero-order chi connectivity index (χ0) is 11.7. The first kappa shape index (κ1) is 10.7. The zero-order valence-corrected chi connectivity index (χ0v) is 9.01. The minimum Gasteiger partial charge on any atom is -0.508 e. The van der Waals surface area contributed by atoms with E-state index < -0.39 is 0 Å². The smallest absolute Gasteiger partial charge is 0.260 e. The maximum absolute atomic E-state index is 12.0. The van der Waals surface area contributed by atoms with Crippen LogP contribution in [0.4, 0.5) is 0 Å². The van der Waals surface area contributed by atoms with Crippen LogP contribution in [0.1, 0.15) is 28.8 Å². The predicted molar refractivity (Wildman–Crippen MR) is 58.1 cm³/mol. The SMILES string of the molecule is Cc1cc(O)ccc1C(=O)N(C=O)C1CC1. The Hall–Kier alpha value is -1.84. The summed E-state index contributed by atoms with van der Waals surface area (Å²) in [5, 5.41) is 9.24. The Balaban J connectivity index is 2.28. The summed E-state index contributed by atoms with van der Waals surface area (Å²) in [4.78, 5) is 24.1. The summed E-state index contributed by atoms with van der Waals surface area (Å²) in [7, 11) is 0. The van der Waals surface area contributed by atoms with Gasteiger partial charge in [0.2, 0.25) is 6.41 Å². The Morgan fingerprint density at radius 1 is 1.50 bits per heavy atom. The highest BCUT2D eigenvalue weighted by atomic mass is 16.3. The first-order valence-corrected chi connectivity index (χ1v) is 5.21. The molecule has 0 spiro atoms. The number of phenolic OH excluding ortho intramolecular Hbond substituents is 1. The van der Waals surface area contributed by atoms with Crippen molar-refractivity contribution in [3.05, 3.63) is 29.3 Å². The molecule has 16 heavy (non-hydrogen) atoms. The second-order valence-corrected chi connectivity index (χ2v) is 4.05. The molecule has 2 rings (SSSR count). The highest BCUT2D eigenvalue weighted by Gasteiger charge is 2.33. The molecule has 0 radical (unpaired) electrons. The molecule has 0 aliphatic heterocycles. The van der Waals surface area contributed by atoms with Gasteiger partial charge in [0.1, 0.15) is 5.75 Å². The van der Waals surface area contributed by atoms with Gasteiger partial charge in [-0.2, -0.15) is 0 Å². The molecule has 0 unspecified atom stereocenters. The number of rotatable bonds is 3. The van der Waals surface area contributed by atoms with E-state index >= 15 is 0 Å². The van der Waals surface area contributed by atoms with Gasteiger partial charge >= 0.3 is 0 Å². The summed E-state index contributed by atoms with van der Waals surface area (Å²) < 4.78 is 0. The van der Waals surface area contributed by atoms with E-state index in [1.54, 1.807) is 13.0 Å². The number of amides is 2. The van der Waals surface area contributed by atoms with E-state index in [1.807, 2.05) is 0 Å². The Bertz CT molecular complexity index is 438. The molecule has 4 nitrogen and oxygen atoms in total. The fourth-order valence-corrected chi connectivity index (χ4v) is 1.68. The number of aryl methyl sites for hydroxylation is 1. The van der Waals surface area contributed by atoms with Crippen molar-refractivity contribution >= 4 is 12.3 Å². The summed E-state index contributed by atoms with van der Waals surface area (Å²) >= 11 is 0. The maximum atomic E-state index is 12.0. The van der Waals surface area contributed by atoms with E-state index in [-0.39, 0.29) is 17.7 Å². The van der Waals surface area contributed by atoms with E-state index in [1.165, 1.54) is 17.0 Å². The first-order chi connectivity index (χ1) is 7.63. The van der Waals surface area contributed by atoms with E-state index in [2.05, 4.69) is 0 Å². The molecule has 84 valence electrons.